The second-order valence-corrected chi connectivity index (χ2v) is 10.1. The fourth-order valence-corrected chi connectivity index (χ4v) is 6.85. The molecule has 1 aliphatic heterocycles. The smallest absolute Gasteiger partial charge is 0.239 e. The molecule has 1 saturated heterocycles. The SMILES string of the molecule is CCOc1ccc(N2C(=O)[C@@H]3C4c5ccccc5C(C=Nc5ccccc5)(c5ccccc54)[C@@H]3C2=O)cc1. The molecule has 5 heteroatoms. The van der Waals surface area contributed by atoms with E-state index in [4.69, 9.17) is 9.73 Å². The molecule has 2 atom stereocenters. The van der Waals surface area contributed by atoms with E-state index in [1.165, 1.54) is 4.90 Å². The molecule has 4 aromatic rings. The Kier molecular flexibility index (Phi) is 5.08. The normalized spacial score (nSPS) is 24.9. The lowest BCUT2D eigenvalue weighted by molar-refractivity contribution is -0.122. The van der Waals surface area contributed by atoms with Crippen LogP contribution in [0.5, 0.6) is 5.75 Å². The number of hydrogen-bond donors (Lipinski definition) is 0. The minimum atomic E-state index is -0.866. The molecule has 0 saturated carbocycles. The van der Waals surface area contributed by atoms with Crippen molar-refractivity contribution in [3.8, 4) is 5.75 Å². The number of rotatable bonds is 5. The minimum Gasteiger partial charge on any atom is -0.494 e. The highest BCUT2D eigenvalue weighted by Gasteiger charge is 2.67. The second-order valence-electron chi connectivity index (χ2n) is 10.1. The predicted octanol–water partition coefficient (Wildman–Crippen LogP) is 6.04. The molecule has 5 nitrogen and oxygen atoms in total. The molecule has 8 rings (SSSR count). The average Bonchev–Trinajstić information content (AvgIpc) is 3.24. The van der Waals surface area contributed by atoms with E-state index in [2.05, 4.69) is 24.3 Å². The van der Waals surface area contributed by atoms with Crippen molar-refractivity contribution in [2.24, 2.45) is 16.8 Å². The van der Waals surface area contributed by atoms with E-state index in [1.54, 1.807) is 12.1 Å². The Bertz CT molecular complexity index is 1540. The zero-order valence-electron chi connectivity index (χ0n) is 21.0. The van der Waals surface area contributed by atoms with Crippen LogP contribution < -0.4 is 9.64 Å². The van der Waals surface area contributed by atoms with Gasteiger partial charge in [0.2, 0.25) is 11.8 Å². The van der Waals surface area contributed by atoms with Gasteiger partial charge in [-0.15, -0.1) is 0 Å². The lowest BCUT2D eigenvalue weighted by atomic mass is 9.47. The van der Waals surface area contributed by atoms with Crippen molar-refractivity contribution in [1.82, 2.24) is 0 Å². The highest BCUT2D eigenvalue weighted by molar-refractivity contribution is 6.25. The first-order valence-corrected chi connectivity index (χ1v) is 13.0. The summed E-state index contributed by atoms with van der Waals surface area (Å²) in [5, 5.41) is 0. The summed E-state index contributed by atoms with van der Waals surface area (Å²) in [4.78, 5) is 34.9. The molecule has 0 radical (unpaired) electrons. The molecular weight excluding hydrogens is 472 g/mol. The van der Waals surface area contributed by atoms with Crippen molar-refractivity contribution >= 4 is 29.4 Å². The summed E-state index contributed by atoms with van der Waals surface area (Å²) in [5.41, 5.74) is 4.82. The van der Waals surface area contributed by atoms with E-state index in [9.17, 15) is 9.59 Å². The molecule has 1 fully saturated rings. The molecule has 4 aliphatic rings. The van der Waals surface area contributed by atoms with Crippen LogP contribution in [-0.2, 0) is 15.0 Å². The Balaban J connectivity index is 1.45. The second kappa shape index (κ2) is 8.52. The largest absolute Gasteiger partial charge is 0.494 e. The number of nitrogens with zero attached hydrogens (tertiary/aromatic N) is 2. The maximum atomic E-state index is 14.4. The third-order valence-electron chi connectivity index (χ3n) is 8.26. The van der Waals surface area contributed by atoms with Gasteiger partial charge in [-0.05, 0) is 65.6 Å². The number of ether oxygens (including phenoxy) is 1. The Morgan fingerprint density at radius 3 is 2.03 bits per heavy atom. The van der Waals surface area contributed by atoms with Gasteiger partial charge in [-0.1, -0.05) is 66.7 Å². The van der Waals surface area contributed by atoms with Crippen LogP contribution in [0.3, 0.4) is 0 Å². The van der Waals surface area contributed by atoms with E-state index in [1.807, 2.05) is 79.9 Å². The molecule has 0 unspecified atom stereocenters. The lowest BCUT2D eigenvalue weighted by Crippen LogP contribution is -2.54. The number of hydrogen-bond acceptors (Lipinski definition) is 4. The molecule has 2 bridgehead atoms. The van der Waals surface area contributed by atoms with Gasteiger partial charge < -0.3 is 4.74 Å². The fraction of sp³-hybridized carbons (Fsp3) is 0.182. The third kappa shape index (κ3) is 3.02. The van der Waals surface area contributed by atoms with E-state index >= 15 is 0 Å². The summed E-state index contributed by atoms with van der Waals surface area (Å²) in [6.45, 7) is 2.47. The third-order valence-corrected chi connectivity index (χ3v) is 8.26. The zero-order valence-corrected chi connectivity index (χ0v) is 21.0. The summed E-state index contributed by atoms with van der Waals surface area (Å²) >= 11 is 0. The van der Waals surface area contributed by atoms with Crippen LogP contribution in [0.2, 0.25) is 0 Å². The van der Waals surface area contributed by atoms with Gasteiger partial charge in [-0.2, -0.15) is 0 Å². The van der Waals surface area contributed by atoms with Crippen molar-refractivity contribution in [3.63, 3.8) is 0 Å². The van der Waals surface area contributed by atoms with Crippen molar-refractivity contribution in [3.05, 3.63) is 125 Å². The number of amides is 2. The van der Waals surface area contributed by atoms with Crippen LogP contribution in [0.4, 0.5) is 11.4 Å². The number of carbonyl (C=O) groups is 2. The molecule has 186 valence electrons. The lowest BCUT2D eigenvalue weighted by Gasteiger charge is -2.52. The highest BCUT2D eigenvalue weighted by atomic mass is 16.5. The number of imide groups is 1. The Hall–Kier alpha value is -4.51. The van der Waals surface area contributed by atoms with Crippen LogP contribution in [0.15, 0.2) is 108 Å². The topological polar surface area (TPSA) is 59.0 Å². The first-order valence-electron chi connectivity index (χ1n) is 13.0. The van der Waals surface area contributed by atoms with Crippen LogP contribution in [0.1, 0.15) is 35.1 Å². The summed E-state index contributed by atoms with van der Waals surface area (Å²) in [6.07, 6.45) is 1.93. The van der Waals surface area contributed by atoms with Gasteiger partial charge in [-0.25, -0.2) is 4.90 Å². The molecule has 4 aromatic carbocycles. The molecule has 0 aromatic heterocycles. The first kappa shape index (κ1) is 22.7. The van der Waals surface area contributed by atoms with Gasteiger partial charge in [0, 0.05) is 12.1 Å². The van der Waals surface area contributed by atoms with Gasteiger partial charge in [-0.3, -0.25) is 14.6 Å². The zero-order chi connectivity index (χ0) is 25.9. The quantitative estimate of drug-likeness (QED) is 0.249. The van der Waals surface area contributed by atoms with Gasteiger partial charge in [0.15, 0.2) is 0 Å². The number of anilines is 1. The Morgan fingerprint density at radius 2 is 1.39 bits per heavy atom. The summed E-state index contributed by atoms with van der Waals surface area (Å²) in [7, 11) is 0. The molecule has 3 aliphatic carbocycles. The number of benzene rings is 4. The van der Waals surface area contributed by atoms with E-state index < -0.39 is 17.3 Å². The number of para-hydroxylation sites is 1. The average molecular weight is 499 g/mol. The summed E-state index contributed by atoms with van der Waals surface area (Å²) in [5.74, 6) is -0.930. The van der Waals surface area contributed by atoms with Crippen molar-refractivity contribution in [1.29, 1.82) is 0 Å². The van der Waals surface area contributed by atoms with Crippen LogP contribution in [0.25, 0.3) is 0 Å². The maximum absolute atomic E-state index is 14.4. The number of carbonyl (C=O) groups excluding carboxylic acids is 2. The van der Waals surface area contributed by atoms with Crippen molar-refractivity contribution < 1.29 is 14.3 Å². The molecule has 1 heterocycles. The van der Waals surface area contributed by atoms with Crippen LogP contribution in [0, 0.1) is 11.8 Å². The minimum absolute atomic E-state index is 0.157. The molecular formula is C33H26N2O3. The summed E-state index contributed by atoms with van der Waals surface area (Å²) < 4.78 is 5.58. The van der Waals surface area contributed by atoms with Gasteiger partial charge in [0.1, 0.15) is 5.75 Å². The van der Waals surface area contributed by atoms with Crippen molar-refractivity contribution in [2.75, 3.05) is 11.5 Å². The standard InChI is InChI=1S/C33H26N2O3/c1-2-38-23-18-16-22(17-19-23)35-31(36)29-28-24-12-6-8-14-26(24)33(30(29)32(35)37,27-15-9-7-13-25(27)28)20-34-21-10-4-3-5-11-21/h3-20,28-30H,2H2,1H3/t28?,29-,30+,33?/m1/s1. The van der Waals surface area contributed by atoms with Crippen LogP contribution in [-0.4, -0.2) is 24.6 Å². The Labute approximate surface area is 221 Å². The monoisotopic (exact) mass is 498 g/mol. The van der Waals surface area contributed by atoms with Gasteiger partial charge in [0.25, 0.3) is 0 Å². The van der Waals surface area contributed by atoms with Crippen molar-refractivity contribution in [2.45, 2.75) is 18.3 Å². The molecule has 38 heavy (non-hydrogen) atoms. The summed E-state index contributed by atoms with van der Waals surface area (Å²) in [6, 6.07) is 33.4. The van der Waals surface area contributed by atoms with E-state index in [0.29, 0.717) is 18.0 Å². The predicted molar refractivity (Wildman–Crippen MR) is 147 cm³/mol. The van der Waals surface area contributed by atoms with Gasteiger partial charge >= 0.3 is 0 Å². The first-order chi connectivity index (χ1) is 18.6. The maximum Gasteiger partial charge on any atom is 0.239 e. The fourth-order valence-electron chi connectivity index (χ4n) is 6.85. The van der Waals surface area contributed by atoms with Gasteiger partial charge in [0.05, 0.1) is 35.2 Å². The molecule has 0 spiro atoms. The van der Waals surface area contributed by atoms with Crippen LogP contribution >= 0.6 is 0 Å². The molecule has 0 N–H and O–H groups in total. The van der Waals surface area contributed by atoms with E-state index in [-0.39, 0.29) is 17.7 Å². The molecule has 2 amide bonds. The highest BCUT2D eigenvalue weighted by Crippen LogP contribution is 2.63. The Morgan fingerprint density at radius 1 is 0.789 bits per heavy atom. The van der Waals surface area contributed by atoms with E-state index in [0.717, 1.165) is 27.9 Å². The number of aliphatic imine (C=N–C) groups is 1.